The minimum absolute atomic E-state index is 1.14. The summed E-state index contributed by atoms with van der Waals surface area (Å²) in [6, 6.07) is 68.4. The van der Waals surface area contributed by atoms with Crippen molar-refractivity contribution in [2.45, 2.75) is 0 Å². The highest BCUT2D eigenvalue weighted by Crippen LogP contribution is 2.42. The van der Waals surface area contributed by atoms with Gasteiger partial charge in [0.15, 0.2) is 0 Å². The molecular formula is C48H31N3. The molecule has 11 rings (SSSR count). The van der Waals surface area contributed by atoms with Gasteiger partial charge in [-0.05, 0) is 71.8 Å². The summed E-state index contributed by atoms with van der Waals surface area (Å²) in [5.41, 5.74) is 13.1. The SMILES string of the molecule is c1ccc(-c2cccc(-n3c4ccccc4c4c3ccc3c5ccccc5n(-c5cccc(-n6c7ccccc7c7ccccc76)c5)c34)c2)cc1. The Bertz CT molecular complexity index is 3080. The van der Waals surface area contributed by atoms with Crippen molar-refractivity contribution in [3.8, 4) is 28.2 Å². The molecule has 3 heterocycles. The molecule has 3 aromatic heterocycles. The highest BCUT2D eigenvalue weighted by molar-refractivity contribution is 6.26. The van der Waals surface area contributed by atoms with Crippen molar-refractivity contribution < 1.29 is 0 Å². The maximum Gasteiger partial charge on any atom is 0.0641 e. The van der Waals surface area contributed by atoms with Gasteiger partial charge in [-0.25, -0.2) is 0 Å². The first kappa shape index (κ1) is 28.0. The summed E-state index contributed by atoms with van der Waals surface area (Å²) in [6.07, 6.45) is 0. The molecule has 0 saturated heterocycles. The number of hydrogen-bond acceptors (Lipinski definition) is 0. The van der Waals surface area contributed by atoms with Gasteiger partial charge in [0.05, 0.1) is 33.1 Å². The van der Waals surface area contributed by atoms with Gasteiger partial charge < -0.3 is 13.7 Å². The van der Waals surface area contributed by atoms with E-state index in [-0.39, 0.29) is 0 Å². The van der Waals surface area contributed by atoms with Crippen LogP contribution in [-0.4, -0.2) is 13.7 Å². The van der Waals surface area contributed by atoms with E-state index in [0.29, 0.717) is 0 Å². The molecule has 0 fully saturated rings. The lowest BCUT2D eigenvalue weighted by atomic mass is 10.1. The van der Waals surface area contributed by atoms with Gasteiger partial charge in [-0.3, -0.25) is 0 Å². The van der Waals surface area contributed by atoms with Crippen LogP contribution in [0, 0.1) is 0 Å². The zero-order valence-electron chi connectivity index (χ0n) is 27.7. The monoisotopic (exact) mass is 649 g/mol. The van der Waals surface area contributed by atoms with Crippen LogP contribution in [0.15, 0.2) is 188 Å². The Labute approximate surface area is 294 Å². The molecule has 3 heteroatoms. The lowest BCUT2D eigenvalue weighted by Crippen LogP contribution is -1.99. The van der Waals surface area contributed by atoms with Gasteiger partial charge in [0.25, 0.3) is 0 Å². The predicted octanol–water partition coefficient (Wildman–Crippen LogP) is 12.6. The van der Waals surface area contributed by atoms with Crippen molar-refractivity contribution in [1.82, 2.24) is 13.7 Å². The fraction of sp³-hybridized carbons (Fsp3) is 0. The van der Waals surface area contributed by atoms with Crippen molar-refractivity contribution in [3.63, 3.8) is 0 Å². The van der Waals surface area contributed by atoms with Crippen molar-refractivity contribution in [3.05, 3.63) is 188 Å². The van der Waals surface area contributed by atoms with Crippen LogP contribution in [0.3, 0.4) is 0 Å². The Morgan fingerprint density at radius 1 is 0.255 bits per heavy atom. The first-order chi connectivity index (χ1) is 25.3. The molecule has 0 aliphatic carbocycles. The summed E-state index contributed by atoms with van der Waals surface area (Å²) in [4.78, 5) is 0. The average molecular weight is 650 g/mol. The first-order valence-corrected chi connectivity index (χ1v) is 17.5. The lowest BCUT2D eigenvalue weighted by molar-refractivity contribution is 1.14. The quantitative estimate of drug-likeness (QED) is 0.180. The topological polar surface area (TPSA) is 14.8 Å². The van der Waals surface area contributed by atoms with Crippen LogP contribution >= 0.6 is 0 Å². The fourth-order valence-electron chi connectivity index (χ4n) is 8.48. The van der Waals surface area contributed by atoms with E-state index in [2.05, 4.69) is 202 Å². The summed E-state index contributed by atoms with van der Waals surface area (Å²) in [5.74, 6) is 0. The van der Waals surface area contributed by atoms with Crippen LogP contribution in [0.25, 0.3) is 93.6 Å². The number of benzene rings is 8. The number of fused-ring (bicyclic) bond motifs is 10. The highest BCUT2D eigenvalue weighted by atomic mass is 15.0. The molecule has 3 nitrogen and oxygen atoms in total. The van der Waals surface area contributed by atoms with Gasteiger partial charge >= 0.3 is 0 Å². The van der Waals surface area contributed by atoms with E-state index < -0.39 is 0 Å². The van der Waals surface area contributed by atoms with E-state index in [0.717, 1.165) is 17.1 Å². The minimum Gasteiger partial charge on any atom is -0.309 e. The van der Waals surface area contributed by atoms with Gasteiger partial charge in [0.1, 0.15) is 0 Å². The molecule has 0 bridgehead atoms. The van der Waals surface area contributed by atoms with Crippen LogP contribution in [0.1, 0.15) is 0 Å². The Hall–Kier alpha value is -6.84. The third kappa shape index (κ3) is 4.06. The van der Waals surface area contributed by atoms with E-state index >= 15 is 0 Å². The average Bonchev–Trinajstić information content (AvgIpc) is 3.84. The third-order valence-electron chi connectivity index (χ3n) is 10.6. The van der Waals surface area contributed by atoms with Crippen molar-refractivity contribution in [2.75, 3.05) is 0 Å². The third-order valence-corrected chi connectivity index (χ3v) is 10.6. The van der Waals surface area contributed by atoms with E-state index in [4.69, 9.17) is 0 Å². The molecule has 0 aliphatic rings. The normalized spacial score (nSPS) is 11.9. The van der Waals surface area contributed by atoms with Crippen molar-refractivity contribution >= 4 is 65.4 Å². The zero-order valence-corrected chi connectivity index (χ0v) is 27.7. The second kappa shape index (κ2) is 10.8. The number of nitrogens with zero attached hydrogens (tertiary/aromatic N) is 3. The smallest absolute Gasteiger partial charge is 0.0641 e. The van der Waals surface area contributed by atoms with Gasteiger partial charge in [0, 0.05) is 49.4 Å². The predicted molar refractivity (Wildman–Crippen MR) is 215 cm³/mol. The second-order valence-electron chi connectivity index (χ2n) is 13.4. The molecule has 0 aliphatic heterocycles. The zero-order chi connectivity index (χ0) is 33.5. The van der Waals surface area contributed by atoms with E-state index in [1.165, 1.54) is 76.5 Å². The molecule has 0 atom stereocenters. The highest BCUT2D eigenvalue weighted by Gasteiger charge is 2.21. The van der Waals surface area contributed by atoms with Gasteiger partial charge in [-0.2, -0.15) is 0 Å². The van der Waals surface area contributed by atoms with E-state index in [1.54, 1.807) is 0 Å². The van der Waals surface area contributed by atoms with Gasteiger partial charge in [0.2, 0.25) is 0 Å². The molecule has 11 aromatic rings. The Kier molecular flexibility index (Phi) is 5.96. The standard InChI is InChI=1S/C48H31N3/c1-2-14-32(15-3-1)33-16-12-17-34(30-33)50-45-27-11-7-23-41(45)47-46(50)29-28-40-39-22-6-10-26-44(39)51(48(40)47)36-19-13-18-35(31-36)49-42-24-8-4-20-37(42)38-21-5-9-25-43(38)49/h1-31H. The second-order valence-corrected chi connectivity index (χ2v) is 13.4. The Morgan fingerprint density at radius 2 is 0.706 bits per heavy atom. The maximum absolute atomic E-state index is 2.49. The number of hydrogen-bond donors (Lipinski definition) is 0. The molecule has 51 heavy (non-hydrogen) atoms. The summed E-state index contributed by atoms with van der Waals surface area (Å²) < 4.78 is 7.33. The summed E-state index contributed by atoms with van der Waals surface area (Å²) in [6.45, 7) is 0. The largest absolute Gasteiger partial charge is 0.309 e. The van der Waals surface area contributed by atoms with Crippen LogP contribution < -0.4 is 0 Å². The van der Waals surface area contributed by atoms with Gasteiger partial charge in [-0.1, -0.05) is 127 Å². The minimum atomic E-state index is 1.14. The molecule has 0 radical (unpaired) electrons. The van der Waals surface area contributed by atoms with E-state index in [9.17, 15) is 0 Å². The fourth-order valence-corrected chi connectivity index (χ4v) is 8.48. The molecule has 0 amide bonds. The number of aromatic nitrogens is 3. The Morgan fingerprint density at radius 3 is 1.37 bits per heavy atom. The molecule has 0 N–H and O–H groups in total. The maximum atomic E-state index is 2.49. The van der Waals surface area contributed by atoms with Crippen LogP contribution in [0.4, 0.5) is 0 Å². The number of rotatable bonds is 4. The molecule has 0 saturated carbocycles. The summed E-state index contributed by atoms with van der Waals surface area (Å²) in [5, 5.41) is 7.53. The van der Waals surface area contributed by atoms with Crippen LogP contribution in [0.2, 0.25) is 0 Å². The van der Waals surface area contributed by atoms with Crippen LogP contribution in [-0.2, 0) is 0 Å². The molecule has 0 unspecified atom stereocenters. The molecule has 8 aromatic carbocycles. The van der Waals surface area contributed by atoms with Crippen molar-refractivity contribution in [1.29, 1.82) is 0 Å². The van der Waals surface area contributed by atoms with Gasteiger partial charge in [-0.15, -0.1) is 0 Å². The molecule has 0 spiro atoms. The van der Waals surface area contributed by atoms with Crippen LogP contribution in [0.5, 0.6) is 0 Å². The summed E-state index contributed by atoms with van der Waals surface area (Å²) in [7, 11) is 0. The first-order valence-electron chi connectivity index (χ1n) is 17.5. The van der Waals surface area contributed by atoms with Crippen molar-refractivity contribution in [2.24, 2.45) is 0 Å². The lowest BCUT2D eigenvalue weighted by Gasteiger charge is -2.13. The molecule has 238 valence electrons. The van der Waals surface area contributed by atoms with E-state index in [1.807, 2.05) is 0 Å². The number of para-hydroxylation sites is 4. The Balaban J connectivity index is 1.22. The summed E-state index contributed by atoms with van der Waals surface area (Å²) >= 11 is 0. The molecular weight excluding hydrogens is 619 g/mol.